The molecule has 3 aromatic rings. The van der Waals surface area contributed by atoms with Crippen LogP contribution in [0.1, 0.15) is 42.3 Å². The van der Waals surface area contributed by atoms with E-state index in [2.05, 4.69) is 72.9 Å². The zero-order valence-corrected chi connectivity index (χ0v) is 17.5. The van der Waals surface area contributed by atoms with Crippen molar-refractivity contribution in [1.29, 1.82) is 0 Å². The predicted molar refractivity (Wildman–Crippen MR) is 116 cm³/mol. The molecule has 1 aromatic carbocycles. The van der Waals surface area contributed by atoms with Gasteiger partial charge in [-0.05, 0) is 61.6 Å². The van der Waals surface area contributed by atoms with Gasteiger partial charge in [0, 0.05) is 47.5 Å². The van der Waals surface area contributed by atoms with Gasteiger partial charge >= 0.3 is 0 Å². The minimum absolute atomic E-state index is 0.451. The normalized spacial score (nSPS) is 15.6. The first-order valence-corrected chi connectivity index (χ1v) is 10.4. The fraction of sp³-hybridized carbons (Fsp3) is 0.458. The number of aromatic nitrogens is 2. The summed E-state index contributed by atoms with van der Waals surface area (Å²) in [4.78, 5) is 10.7. The molecule has 4 rings (SSSR count). The molecular formula is C24H31N3O. The van der Waals surface area contributed by atoms with Crippen molar-refractivity contribution < 1.29 is 4.74 Å². The maximum absolute atomic E-state index is 5.46. The number of hydrogen-bond donors (Lipinski definition) is 1. The molecule has 3 heterocycles. The fourth-order valence-electron chi connectivity index (χ4n) is 4.33. The maximum atomic E-state index is 5.46. The number of aromatic amines is 1. The van der Waals surface area contributed by atoms with Crippen LogP contribution in [0.15, 0.2) is 30.3 Å². The Kier molecular flexibility index (Phi) is 5.51. The summed E-state index contributed by atoms with van der Waals surface area (Å²) in [6, 6.07) is 11.3. The molecule has 1 saturated heterocycles. The Hall–Kier alpha value is -2.17. The third-order valence-corrected chi connectivity index (χ3v) is 5.67. The van der Waals surface area contributed by atoms with Gasteiger partial charge < -0.3 is 9.72 Å². The molecular weight excluding hydrogens is 346 g/mol. The average Bonchev–Trinajstić information content (AvgIpc) is 3.05. The SMILES string of the molecule is Cc1cc(-c2[nH]c3ccc(CCN4CCOCC4)cc3c2C(C)C)cc(C)n1. The number of fused-ring (bicyclic) bond motifs is 1. The van der Waals surface area contributed by atoms with E-state index in [1.807, 2.05) is 0 Å². The number of hydrogen-bond acceptors (Lipinski definition) is 3. The van der Waals surface area contributed by atoms with Crippen LogP contribution in [0, 0.1) is 13.8 Å². The minimum Gasteiger partial charge on any atom is -0.379 e. The van der Waals surface area contributed by atoms with Crippen LogP contribution in [0.3, 0.4) is 0 Å². The molecule has 0 spiro atoms. The number of pyridine rings is 1. The van der Waals surface area contributed by atoms with E-state index >= 15 is 0 Å². The molecule has 0 radical (unpaired) electrons. The molecule has 0 saturated carbocycles. The summed E-state index contributed by atoms with van der Waals surface area (Å²) in [6.45, 7) is 13.6. The lowest BCUT2D eigenvalue weighted by Crippen LogP contribution is -2.37. The van der Waals surface area contributed by atoms with E-state index in [1.54, 1.807) is 0 Å². The van der Waals surface area contributed by atoms with Gasteiger partial charge in [0.2, 0.25) is 0 Å². The lowest BCUT2D eigenvalue weighted by molar-refractivity contribution is 0.0384. The largest absolute Gasteiger partial charge is 0.379 e. The van der Waals surface area contributed by atoms with Crippen molar-refractivity contribution in [1.82, 2.24) is 14.9 Å². The number of ether oxygens (including phenoxy) is 1. The minimum atomic E-state index is 0.451. The highest BCUT2D eigenvalue weighted by Gasteiger charge is 2.17. The smallest absolute Gasteiger partial charge is 0.0594 e. The molecule has 0 bridgehead atoms. The van der Waals surface area contributed by atoms with Crippen LogP contribution in [0.25, 0.3) is 22.2 Å². The Labute approximate surface area is 167 Å². The third kappa shape index (κ3) is 3.98. The van der Waals surface area contributed by atoms with E-state index < -0.39 is 0 Å². The third-order valence-electron chi connectivity index (χ3n) is 5.67. The van der Waals surface area contributed by atoms with Crippen LogP contribution < -0.4 is 0 Å². The summed E-state index contributed by atoms with van der Waals surface area (Å²) in [5, 5.41) is 1.36. The lowest BCUT2D eigenvalue weighted by Gasteiger charge is -2.26. The van der Waals surface area contributed by atoms with E-state index in [0.29, 0.717) is 5.92 Å². The Balaban J connectivity index is 1.69. The highest BCUT2D eigenvalue weighted by Crippen LogP contribution is 2.36. The fourth-order valence-corrected chi connectivity index (χ4v) is 4.33. The maximum Gasteiger partial charge on any atom is 0.0594 e. The van der Waals surface area contributed by atoms with Crippen molar-refractivity contribution in [2.24, 2.45) is 0 Å². The van der Waals surface area contributed by atoms with Crippen molar-refractivity contribution in [2.75, 3.05) is 32.8 Å². The highest BCUT2D eigenvalue weighted by atomic mass is 16.5. The van der Waals surface area contributed by atoms with Crippen LogP contribution in [-0.2, 0) is 11.2 Å². The zero-order chi connectivity index (χ0) is 19.7. The van der Waals surface area contributed by atoms with Gasteiger partial charge in [-0.25, -0.2) is 0 Å². The first kappa shape index (κ1) is 19.2. The molecule has 0 unspecified atom stereocenters. The second-order valence-corrected chi connectivity index (χ2v) is 8.29. The Morgan fingerprint density at radius 2 is 1.79 bits per heavy atom. The summed E-state index contributed by atoms with van der Waals surface area (Å²) < 4.78 is 5.46. The molecule has 28 heavy (non-hydrogen) atoms. The van der Waals surface area contributed by atoms with Crippen LogP contribution in [0.5, 0.6) is 0 Å². The van der Waals surface area contributed by atoms with E-state index in [0.717, 1.165) is 50.7 Å². The first-order chi connectivity index (χ1) is 13.5. The average molecular weight is 378 g/mol. The Morgan fingerprint density at radius 3 is 2.46 bits per heavy atom. The molecule has 1 fully saturated rings. The highest BCUT2D eigenvalue weighted by molar-refractivity contribution is 5.92. The van der Waals surface area contributed by atoms with Crippen molar-refractivity contribution >= 4 is 10.9 Å². The van der Waals surface area contributed by atoms with E-state index in [4.69, 9.17) is 4.74 Å². The van der Waals surface area contributed by atoms with Crippen LogP contribution >= 0.6 is 0 Å². The number of morpholine rings is 1. The number of nitrogens with one attached hydrogen (secondary N) is 1. The van der Waals surface area contributed by atoms with Gasteiger partial charge in [0.15, 0.2) is 0 Å². The van der Waals surface area contributed by atoms with E-state index in [1.165, 1.54) is 33.3 Å². The van der Waals surface area contributed by atoms with Gasteiger partial charge in [-0.1, -0.05) is 19.9 Å². The number of nitrogens with zero attached hydrogens (tertiary/aromatic N) is 2. The van der Waals surface area contributed by atoms with Gasteiger partial charge in [-0.15, -0.1) is 0 Å². The standard InChI is InChI=1S/C24H31N3O/c1-16(2)23-21-15-19(7-8-27-9-11-28-12-10-27)5-6-22(21)26-24(23)20-13-17(3)25-18(4)14-20/h5-6,13-16,26H,7-12H2,1-4H3. The Morgan fingerprint density at radius 1 is 1.07 bits per heavy atom. The molecule has 4 nitrogen and oxygen atoms in total. The second kappa shape index (κ2) is 8.06. The van der Waals surface area contributed by atoms with Crippen molar-refractivity contribution in [3.63, 3.8) is 0 Å². The van der Waals surface area contributed by atoms with Crippen molar-refractivity contribution in [2.45, 2.75) is 40.0 Å². The summed E-state index contributed by atoms with van der Waals surface area (Å²) in [5.74, 6) is 0.451. The molecule has 1 aliphatic rings. The topological polar surface area (TPSA) is 41.2 Å². The molecule has 0 amide bonds. The van der Waals surface area contributed by atoms with Crippen molar-refractivity contribution in [3.05, 3.63) is 52.8 Å². The summed E-state index contributed by atoms with van der Waals surface area (Å²) in [7, 11) is 0. The second-order valence-electron chi connectivity index (χ2n) is 8.29. The molecule has 2 aromatic heterocycles. The summed E-state index contributed by atoms with van der Waals surface area (Å²) in [6.07, 6.45) is 1.08. The molecule has 1 aliphatic heterocycles. The molecule has 4 heteroatoms. The predicted octanol–water partition coefficient (Wildman–Crippen LogP) is 4.84. The zero-order valence-electron chi connectivity index (χ0n) is 17.5. The molecule has 148 valence electrons. The number of benzene rings is 1. The van der Waals surface area contributed by atoms with E-state index in [-0.39, 0.29) is 0 Å². The summed E-state index contributed by atoms with van der Waals surface area (Å²) in [5.41, 5.74) is 8.65. The van der Waals surface area contributed by atoms with E-state index in [9.17, 15) is 0 Å². The Bertz CT molecular complexity index is 947. The number of aryl methyl sites for hydroxylation is 2. The van der Waals surface area contributed by atoms with Crippen LogP contribution in [0.2, 0.25) is 0 Å². The molecule has 0 aliphatic carbocycles. The molecule has 0 atom stereocenters. The van der Waals surface area contributed by atoms with Gasteiger partial charge in [-0.2, -0.15) is 0 Å². The lowest BCUT2D eigenvalue weighted by atomic mass is 9.95. The number of rotatable bonds is 5. The van der Waals surface area contributed by atoms with Gasteiger partial charge in [0.1, 0.15) is 0 Å². The summed E-state index contributed by atoms with van der Waals surface area (Å²) >= 11 is 0. The first-order valence-electron chi connectivity index (χ1n) is 10.4. The molecule has 1 N–H and O–H groups in total. The number of H-pyrrole nitrogens is 1. The van der Waals surface area contributed by atoms with Gasteiger partial charge in [0.05, 0.1) is 18.9 Å². The van der Waals surface area contributed by atoms with Gasteiger partial charge in [-0.3, -0.25) is 9.88 Å². The van der Waals surface area contributed by atoms with Gasteiger partial charge in [0.25, 0.3) is 0 Å². The van der Waals surface area contributed by atoms with Crippen molar-refractivity contribution in [3.8, 4) is 11.3 Å². The quantitative estimate of drug-likeness (QED) is 0.691. The van der Waals surface area contributed by atoms with Crippen LogP contribution in [-0.4, -0.2) is 47.7 Å². The van der Waals surface area contributed by atoms with Crippen LogP contribution in [0.4, 0.5) is 0 Å². The monoisotopic (exact) mass is 377 g/mol.